The van der Waals surface area contributed by atoms with Crippen LogP contribution in [0.25, 0.3) is 15.9 Å². The molecule has 4 rings (SSSR count). The van der Waals surface area contributed by atoms with E-state index in [1.54, 1.807) is 6.20 Å². The highest BCUT2D eigenvalue weighted by Gasteiger charge is 2.07. The van der Waals surface area contributed by atoms with Gasteiger partial charge in [-0.05, 0) is 37.1 Å². The Labute approximate surface area is 135 Å². The van der Waals surface area contributed by atoms with Gasteiger partial charge in [0.2, 0.25) is 5.95 Å². The molecule has 0 saturated heterocycles. The lowest BCUT2D eigenvalue weighted by atomic mass is 10.2. The molecule has 1 aliphatic rings. The SMILES string of the molecule is O=c1[nH]c2ccc(Nc3nccc(C4=CCCC=N4)n3)cc2s1. The molecule has 1 aromatic carbocycles. The topological polar surface area (TPSA) is 83.0 Å². The number of benzene rings is 1. The third-order valence-electron chi connectivity index (χ3n) is 3.46. The van der Waals surface area contributed by atoms with E-state index < -0.39 is 0 Å². The van der Waals surface area contributed by atoms with Gasteiger partial charge in [0, 0.05) is 18.1 Å². The summed E-state index contributed by atoms with van der Waals surface area (Å²) in [6, 6.07) is 7.51. The molecule has 3 heterocycles. The highest BCUT2D eigenvalue weighted by atomic mass is 32.1. The van der Waals surface area contributed by atoms with Gasteiger partial charge >= 0.3 is 4.87 Å². The van der Waals surface area contributed by atoms with Crippen LogP contribution in [0.2, 0.25) is 0 Å². The van der Waals surface area contributed by atoms with Crippen molar-refractivity contribution in [1.82, 2.24) is 15.0 Å². The van der Waals surface area contributed by atoms with Crippen LogP contribution in [0.15, 0.2) is 46.3 Å². The lowest BCUT2D eigenvalue weighted by molar-refractivity contribution is 1.07. The zero-order valence-corrected chi connectivity index (χ0v) is 12.9. The van der Waals surface area contributed by atoms with Crippen LogP contribution < -0.4 is 10.2 Å². The Morgan fingerprint density at radius 1 is 1.22 bits per heavy atom. The molecular formula is C16H13N5OS. The Bertz CT molecular complexity index is 985. The highest BCUT2D eigenvalue weighted by molar-refractivity contribution is 7.16. The number of aliphatic imine (C=N–C) groups is 1. The Balaban J connectivity index is 1.63. The highest BCUT2D eigenvalue weighted by Crippen LogP contribution is 2.23. The van der Waals surface area contributed by atoms with Crippen LogP contribution in [-0.2, 0) is 0 Å². The summed E-state index contributed by atoms with van der Waals surface area (Å²) in [5.41, 5.74) is 3.35. The Kier molecular flexibility index (Phi) is 3.47. The van der Waals surface area contributed by atoms with Crippen molar-refractivity contribution in [3.05, 3.63) is 51.9 Å². The third kappa shape index (κ3) is 2.91. The standard InChI is InChI=1S/C16H13N5OS/c22-16-21-13-5-4-10(9-14(13)23-16)19-15-18-8-6-12(20-15)11-3-1-2-7-17-11/h3-9H,1-2H2,(H,21,22)(H,18,19,20). The first-order valence-electron chi connectivity index (χ1n) is 7.24. The van der Waals surface area contributed by atoms with E-state index in [0.717, 1.165) is 40.1 Å². The molecule has 0 bridgehead atoms. The van der Waals surface area contributed by atoms with Gasteiger partial charge in [-0.2, -0.15) is 0 Å². The molecule has 0 aliphatic carbocycles. The van der Waals surface area contributed by atoms with Crippen molar-refractivity contribution in [3.63, 3.8) is 0 Å². The average molecular weight is 323 g/mol. The minimum absolute atomic E-state index is 0.0579. The fraction of sp³-hybridized carbons (Fsp3) is 0.125. The molecule has 2 aromatic heterocycles. The van der Waals surface area contributed by atoms with E-state index in [-0.39, 0.29) is 4.87 Å². The summed E-state index contributed by atoms with van der Waals surface area (Å²) >= 11 is 1.18. The van der Waals surface area contributed by atoms with Crippen molar-refractivity contribution in [3.8, 4) is 0 Å². The first kappa shape index (κ1) is 13.8. The Hall–Kier alpha value is -2.80. The van der Waals surface area contributed by atoms with Crippen LogP contribution in [0.5, 0.6) is 0 Å². The lowest BCUT2D eigenvalue weighted by Crippen LogP contribution is -2.00. The number of fused-ring (bicyclic) bond motifs is 1. The minimum atomic E-state index is -0.0579. The quantitative estimate of drug-likeness (QED) is 0.774. The summed E-state index contributed by atoms with van der Waals surface area (Å²) in [6.07, 6.45) is 7.65. The predicted octanol–water partition coefficient (Wildman–Crippen LogP) is 3.33. The predicted molar refractivity (Wildman–Crippen MR) is 93.5 cm³/mol. The number of rotatable bonds is 3. The van der Waals surface area contributed by atoms with Gasteiger partial charge in [-0.15, -0.1) is 0 Å². The molecule has 6 nitrogen and oxygen atoms in total. The first-order valence-corrected chi connectivity index (χ1v) is 8.05. The van der Waals surface area contributed by atoms with Crippen LogP contribution in [0.1, 0.15) is 18.5 Å². The van der Waals surface area contributed by atoms with E-state index in [1.165, 1.54) is 11.3 Å². The van der Waals surface area contributed by atoms with Gasteiger partial charge in [0.1, 0.15) is 0 Å². The molecule has 2 N–H and O–H groups in total. The smallest absolute Gasteiger partial charge is 0.305 e. The normalized spacial score (nSPS) is 14.0. The maximum Gasteiger partial charge on any atom is 0.305 e. The molecule has 23 heavy (non-hydrogen) atoms. The van der Waals surface area contributed by atoms with Crippen LogP contribution in [0, 0.1) is 0 Å². The fourth-order valence-corrected chi connectivity index (χ4v) is 3.17. The summed E-state index contributed by atoms with van der Waals surface area (Å²) in [7, 11) is 0. The number of aromatic nitrogens is 3. The fourth-order valence-electron chi connectivity index (χ4n) is 2.39. The van der Waals surface area contributed by atoms with Crippen molar-refractivity contribution in [2.75, 3.05) is 5.32 Å². The van der Waals surface area contributed by atoms with Gasteiger partial charge in [-0.1, -0.05) is 17.4 Å². The van der Waals surface area contributed by atoms with Gasteiger partial charge in [-0.3, -0.25) is 9.79 Å². The zero-order valence-electron chi connectivity index (χ0n) is 12.1. The van der Waals surface area contributed by atoms with Crippen molar-refractivity contribution >= 4 is 45.1 Å². The second-order valence-corrected chi connectivity index (χ2v) is 6.11. The van der Waals surface area contributed by atoms with Crippen molar-refractivity contribution in [1.29, 1.82) is 0 Å². The molecule has 3 aromatic rings. The van der Waals surface area contributed by atoms with Crippen molar-refractivity contribution in [2.45, 2.75) is 12.8 Å². The van der Waals surface area contributed by atoms with E-state index in [9.17, 15) is 4.79 Å². The van der Waals surface area contributed by atoms with Gasteiger partial charge in [0.25, 0.3) is 0 Å². The van der Waals surface area contributed by atoms with E-state index in [1.807, 2.05) is 30.5 Å². The summed E-state index contributed by atoms with van der Waals surface area (Å²) in [6.45, 7) is 0. The molecule has 0 spiro atoms. The average Bonchev–Trinajstić information content (AvgIpc) is 2.95. The second-order valence-electron chi connectivity index (χ2n) is 5.09. The summed E-state index contributed by atoms with van der Waals surface area (Å²) in [5.74, 6) is 0.506. The van der Waals surface area contributed by atoms with Crippen LogP contribution in [0.3, 0.4) is 0 Å². The lowest BCUT2D eigenvalue weighted by Gasteiger charge is -2.08. The number of thiazole rings is 1. The molecule has 0 amide bonds. The molecule has 0 radical (unpaired) electrons. The number of H-pyrrole nitrogens is 1. The van der Waals surface area contributed by atoms with Gasteiger partial charge < -0.3 is 10.3 Å². The molecule has 0 atom stereocenters. The van der Waals surface area contributed by atoms with Gasteiger partial charge in [0.05, 0.1) is 21.6 Å². The van der Waals surface area contributed by atoms with E-state index in [2.05, 4.69) is 31.3 Å². The zero-order chi connectivity index (χ0) is 15.6. The van der Waals surface area contributed by atoms with Crippen molar-refractivity contribution in [2.24, 2.45) is 4.99 Å². The molecule has 1 aliphatic heterocycles. The number of aromatic amines is 1. The first-order chi connectivity index (χ1) is 11.3. The van der Waals surface area contributed by atoms with Gasteiger partial charge in [-0.25, -0.2) is 9.97 Å². The van der Waals surface area contributed by atoms with E-state index in [0.29, 0.717) is 5.95 Å². The van der Waals surface area contributed by atoms with Gasteiger partial charge in [0.15, 0.2) is 0 Å². The number of nitrogens with zero attached hydrogens (tertiary/aromatic N) is 3. The number of nitrogens with one attached hydrogen (secondary N) is 2. The molecule has 114 valence electrons. The number of anilines is 2. The molecule has 7 heteroatoms. The molecular weight excluding hydrogens is 310 g/mol. The number of hydrogen-bond donors (Lipinski definition) is 2. The molecule has 0 unspecified atom stereocenters. The maximum absolute atomic E-state index is 11.4. The van der Waals surface area contributed by atoms with Crippen LogP contribution in [-0.4, -0.2) is 21.2 Å². The molecule has 0 saturated carbocycles. The van der Waals surface area contributed by atoms with Crippen molar-refractivity contribution < 1.29 is 0 Å². The number of allylic oxidation sites excluding steroid dienone is 1. The Morgan fingerprint density at radius 2 is 2.17 bits per heavy atom. The van der Waals surface area contributed by atoms with Crippen LogP contribution >= 0.6 is 11.3 Å². The summed E-state index contributed by atoms with van der Waals surface area (Å²) in [5, 5.41) is 3.17. The minimum Gasteiger partial charge on any atom is -0.324 e. The molecule has 0 fully saturated rings. The third-order valence-corrected chi connectivity index (χ3v) is 4.30. The number of hydrogen-bond acceptors (Lipinski definition) is 6. The maximum atomic E-state index is 11.4. The van der Waals surface area contributed by atoms with Crippen LogP contribution in [0.4, 0.5) is 11.6 Å². The van der Waals surface area contributed by atoms with E-state index >= 15 is 0 Å². The largest absolute Gasteiger partial charge is 0.324 e. The summed E-state index contributed by atoms with van der Waals surface area (Å²) < 4.78 is 0.899. The summed E-state index contributed by atoms with van der Waals surface area (Å²) in [4.78, 5) is 27.2. The monoisotopic (exact) mass is 323 g/mol. The second kappa shape index (κ2) is 5.77. The Morgan fingerprint density at radius 3 is 3.04 bits per heavy atom. The van der Waals surface area contributed by atoms with E-state index in [4.69, 9.17) is 0 Å².